The lowest BCUT2D eigenvalue weighted by Crippen LogP contribution is -2.13. The maximum Gasteiger partial charge on any atom is 0.235 e. The molecule has 0 amide bonds. The summed E-state index contributed by atoms with van der Waals surface area (Å²) in [6.45, 7) is 0.383. The monoisotopic (exact) mass is 200 g/mol. The number of hydrogen-bond donors (Lipinski definition) is 2. The molecule has 6 nitrogen and oxygen atoms in total. The summed E-state index contributed by atoms with van der Waals surface area (Å²) in [5.74, 6) is 0.296. The van der Waals surface area contributed by atoms with E-state index in [-0.39, 0.29) is 4.90 Å². The maximum atomic E-state index is 11.2. The fourth-order valence-electron chi connectivity index (χ4n) is 1.06. The van der Waals surface area contributed by atoms with E-state index < -0.39 is 9.92 Å². The van der Waals surface area contributed by atoms with Crippen LogP contribution in [0.3, 0.4) is 0 Å². The average molecular weight is 200 g/mol. The number of fused-ring (bicyclic) bond motifs is 1. The van der Waals surface area contributed by atoms with E-state index in [1.807, 2.05) is 0 Å². The standard InChI is InChI=1S/C6H8N4O2S/c7-13(8,11)5-4-9-10-2-1-3-12-6(5)10/h1-2,4H,3H2,(H3,7,8,11). The van der Waals surface area contributed by atoms with Gasteiger partial charge in [0.15, 0.2) is 0 Å². The van der Waals surface area contributed by atoms with E-state index in [9.17, 15) is 4.21 Å². The molecule has 1 aliphatic heterocycles. The fourth-order valence-corrected chi connectivity index (χ4v) is 1.67. The summed E-state index contributed by atoms with van der Waals surface area (Å²) in [6, 6.07) is 0. The van der Waals surface area contributed by atoms with Gasteiger partial charge in [-0.3, -0.25) is 0 Å². The lowest BCUT2D eigenvalue weighted by molar-refractivity contribution is 0.322. The van der Waals surface area contributed by atoms with Gasteiger partial charge in [0, 0.05) is 6.20 Å². The summed E-state index contributed by atoms with van der Waals surface area (Å²) in [7, 11) is -3.24. The molecule has 2 rings (SSSR count). The lowest BCUT2D eigenvalue weighted by atomic mass is 10.5. The molecular weight excluding hydrogens is 192 g/mol. The molecule has 70 valence electrons. The Bertz CT molecular complexity index is 459. The number of nitrogens with one attached hydrogen (secondary N) is 1. The molecule has 2 heterocycles. The third-order valence-electron chi connectivity index (χ3n) is 1.61. The maximum absolute atomic E-state index is 11.2. The highest BCUT2D eigenvalue weighted by Gasteiger charge is 2.19. The van der Waals surface area contributed by atoms with Crippen molar-refractivity contribution in [1.82, 2.24) is 9.78 Å². The zero-order valence-electron chi connectivity index (χ0n) is 6.64. The van der Waals surface area contributed by atoms with E-state index >= 15 is 0 Å². The number of aromatic nitrogens is 2. The quantitative estimate of drug-likeness (QED) is 0.669. The van der Waals surface area contributed by atoms with E-state index in [1.165, 1.54) is 10.9 Å². The third kappa shape index (κ3) is 1.31. The van der Waals surface area contributed by atoms with Crippen molar-refractivity contribution in [3.8, 4) is 5.88 Å². The molecule has 0 fully saturated rings. The largest absolute Gasteiger partial charge is 0.472 e. The Morgan fingerprint density at radius 1 is 1.77 bits per heavy atom. The van der Waals surface area contributed by atoms with Gasteiger partial charge in [0.2, 0.25) is 5.88 Å². The van der Waals surface area contributed by atoms with Crippen LogP contribution < -0.4 is 9.88 Å². The van der Waals surface area contributed by atoms with Crippen molar-refractivity contribution in [2.75, 3.05) is 6.61 Å². The van der Waals surface area contributed by atoms with Crippen molar-refractivity contribution in [1.29, 1.82) is 4.78 Å². The van der Waals surface area contributed by atoms with Crippen molar-refractivity contribution in [3.63, 3.8) is 0 Å². The van der Waals surface area contributed by atoms with Gasteiger partial charge in [-0.15, -0.1) is 0 Å². The van der Waals surface area contributed by atoms with Crippen LogP contribution >= 0.6 is 0 Å². The van der Waals surface area contributed by atoms with Gasteiger partial charge in [-0.05, 0) is 6.08 Å². The van der Waals surface area contributed by atoms with E-state index in [4.69, 9.17) is 14.7 Å². The lowest BCUT2D eigenvalue weighted by Gasteiger charge is -2.10. The van der Waals surface area contributed by atoms with Gasteiger partial charge >= 0.3 is 0 Å². The van der Waals surface area contributed by atoms with Crippen LogP contribution in [0.5, 0.6) is 5.88 Å². The summed E-state index contributed by atoms with van der Waals surface area (Å²) in [5, 5.41) is 9.01. The molecule has 7 heteroatoms. The Hall–Kier alpha value is -1.34. The predicted molar refractivity (Wildman–Crippen MR) is 46.4 cm³/mol. The van der Waals surface area contributed by atoms with Gasteiger partial charge in [0.25, 0.3) is 0 Å². The first-order valence-electron chi connectivity index (χ1n) is 3.52. The third-order valence-corrected chi connectivity index (χ3v) is 2.54. The number of nitrogens with zero attached hydrogens (tertiary/aromatic N) is 2. The van der Waals surface area contributed by atoms with Crippen LogP contribution in [0.2, 0.25) is 0 Å². The Morgan fingerprint density at radius 2 is 2.54 bits per heavy atom. The molecule has 13 heavy (non-hydrogen) atoms. The topological polar surface area (TPSA) is 94.0 Å². The molecule has 0 aliphatic carbocycles. The van der Waals surface area contributed by atoms with Gasteiger partial charge in [0.1, 0.15) is 21.4 Å². The molecule has 0 saturated carbocycles. The average Bonchev–Trinajstić information content (AvgIpc) is 2.45. The Morgan fingerprint density at radius 3 is 3.23 bits per heavy atom. The molecule has 1 aromatic heterocycles. The van der Waals surface area contributed by atoms with Crippen LogP contribution in [0.1, 0.15) is 0 Å². The molecule has 0 radical (unpaired) electrons. The Balaban J connectivity index is 2.63. The first kappa shape index (κ1) is 8.27. The Kier molecular flexibility index (Phi) is 1.64. The second-order valence-electron chi connectivity index (χ2n) is 2.55. The first-order chi connectivity index (χ1) is 6.09. The molecule has 3 N–H and O–H groups in total. The summed E-state index contributed by atoms with van der Waals surface area (Å²) in [5.41, 5.74) is 0. The van der Waals surface area contributed by atoms with E-state index in [0.29, 0.717) is 12.5 Å². The molecule has 0 bridgehead atoms. The molecule has 1 unspecified atom stereocenters. The predicted octanol–water partition coefficient (Wildman–Crippen LogP) is 0.0256. The van der Waals surface area contributed by atoms with Crippen LogP contribution in [0.15, 0.2) is 17.2 Å². The molecule has 0 spiro atoms. The van der Waals surface area contributed by atoms with Crippen LogP contribution in [-0.2, 0) is 9.92 Å². The normalized spacial score (nSPS) is 18.8. The number of ether oxygens (including phenoxy) is 1. The van der Waals surface area contributed by atoms with Gasteiger partial charge in [-0.2, -0.15) is 5.10 Å². The Labute approximate surface area is 75.1 Å². The van der Waals surface area contributed by atoms with Crippen LogP contribution in [0.4, 0.5) is 0 Å². The molecular formula is C6H8N4O2S. The molecule has 0 aromatic carbocycles. The summed E-state index contributed by atoms with van der Waals surface area (Å²) < 4.78 is 24.9. The first-order valence-corrected chi connectivity index (χ1v) is 5.14. The van der Waals surface area contributed by atoms with E-state index in [2.05, 4.69) is 5.10 Å². The minimum Gasteiger partial charge on any atom is -0.472 e. The highest BCUT2D eigenvalue weighted by atomic mass is 32.2. The van der Waals surface area contributed by atoms with Crippen molar-refractivity contribution in [2.45, 2.75) is 4.90 Å². The van der Waals surface area contributed by atoms with E-state index in [0.717, 1.165) is 0 Å². The minimum absolute atomic E-state index is 0.136. The molecule has 0 saturated heterocycles. The van der Waals surface area contributed by atoms with Crippen molar-refractivity contribution >= 4 is 16.1 Å². The number of rotatable bonds is 1. The van der Waals surface area contributed by atoms with Gasteiger partial charge < -0.3 is 4.74 Å². The van der Waals surface area contributed by atoms with Gasteiger partial charge in [-0.1, -0.05) is 0 Å². The number of nitrogens with two attached hydrogens (primary N) is 1. The van der Waals surface area contributed by atoms with Crippen molar-refractivity contribution in [3.05, 3.63) is 12.3 Å². The molecule has 1 atom stereocenters. The van der Waals surface area contributed by atoms with Gasteiger partial charge in [-0.25, -0.2) is 18.8 Å². The molecule has 1 aromatic rings. The zero-order valence-corrected chi connectivity index (χ0v) is 7.45. The van der Waals surface area contributed by atoms with Crippen molar-refractivity contribution < 1.29 is 8.95 Å². The van der Waals surface area contributed by atoms with E-state index in [1.54, 1.807) is 12.3 Å². The second kappa shape index (κ2) is 2.57. The zero-order chi connectivity index (χ0) is 9.47. The SMILES string of the molecule is N=S(N)(=O)c1cnn2c1OCC=C2. The highest BCUT2D eigenvalue weighted by molar-refractivity contribution is 7.90. The van der Waals surface area contributed by atoms with Gasteiger partial charge in [0.05, 0.1) is 6.20 Å². The summed E-state index contributed by atoms with van der Waals surface area (Å²) in [4.78, 5) is 0.136. The second-order valence-corrected chi connectivity index (χ2v) is 4.20. The van der Waals surface area contributed by atoms with Crippen molar-refractivity contribution in [2.24, 2.45) is 5.14 Å². The summed E-state index contributed by atoms with van der Waals surface area (Å²) >= 11 is 0. The summed E-state index contributed by atoms with van der Waals surface area (Å²) in [6.07, 6.45) is 4.72. The number of hydrogen-bond acceptors (Lipinski definition) is 4. The minimum atomic E-state index is -3.24. The smallest absolute Gasteiger partial charge is 0.235 e. The van der Waals surface area contributed by atoms with Crippen LogP contribution in [0, 0.1) is 4.78 Å². The fraction of sp³-hybridized carbons (Fsp3) is 0.167. The highest BCUT2D eigenvalue weighted by Crippen LogP contribution is 2.24. The molecule has 1 aliphatic rings. The van der Waals surface area contributed by atoms with Crippen LogP contribution in [0.25, 0.3) is 6.20 Å². The van der Waals surface area contributed by atoms with Crippen LogP contribution in [-0.4, -0.2) is 20.6 Å².